The van der Waals surface area contributed by atoms with E-state index in [2.05, 4.69) is 4.72 Å². The van der Waals surface area contributed by atoms with Gasteiger partial charge in [-0.15, -0.1) is 0 Å². The number of hydrogen-bond acceptors (Lipinski definition) is 5. The van der Waals surface area contributed by atoms with E-state index < -0.39 is 10.0 Å². The zero-order valence-electron chi connectivity index (χ0n) is 19.7. The van der Waals surface area contributed by atoms with E-state index in [0.29, 0.717) is 41.0 Å². The number of ether oxygens (including phenoxy) is 1. The fraction of sp³-hybridized carbons (Fsp3) is 0.400. The van der Waals surface area contributed by atoms with Crippen LogP contribution in [0.2, 0.25) is 0 Å². The Morgan fingerprint density at radius 2 is 1.73 bits per heavy atom. The number of hydrogen-bond donors (Lipinski definition) is 1. The van der Waals surface area contributed by atoms with E-state index in [1.807, 2.05) is 32.9 Å². The lowest BCUT2D eigenvalue weighted by Gasteiger charge is -2.25. The maximum atomic E-state index is 13.6. The van der Waals surface area contributed by atoms with Gasteiger partial charge in [0.25, 0.3) is 15.9 Å². The van der Waals surface area contributed by atoms with Crippen LogP contribution < -0.4 is 9.46 Å². The predicted molar refractivity (Wildman–Crippen MR) is 129 cm³/mol. The van der Waals surface area contributed by atoms with Crippen LogP contribution in [-0.2, 0) is 10.0 Å². The zero-order valence-corrected chi connectivity index (χ0v) is 20.6. The lowest BCUT2D eigenvalue weighted by atomic mass is 10.0. The monoisotopic (exact) mass is 470 g/mol. The quantitative estimate of drug-likeness (QED) is 0.560. The molecular formula is C25H30N2O5S. The molecule has 1 aromatic heterocycles. The fourth-order valence-corrected chi connectivity index (χ4v) is 5.92. The van der Waals surface area contributed by atoms with Gasteiger partial charge in [-0.1, -0.05) is 6.07 Å². The molecule has 8 heteroatoms. The van der Waals surface area contributed by atoms with Crippen LogP contribution in [0.25, 0.3) is 11.0 Å². The molecule has 1 saturated heterocycles. The van der Waals surface area contributed by atoms with Crippen LogP contribution in [-0.4, -0.2) is 39.4 Å². The summed E-state index contributed by atoms with van der Waals surface area (Å²) in [7, 11) is -2.55. The second-order valence-corrected chi connectivity index (χ2v) is 10.4. The van der Waals surface area contributed by atoms with E-state index in [4.69, 9.17) is 9.15 Å². The molecule has 1 fully saturated rings. The van der Waals surface area contributed by atoms with Gasteiger partial charge in [-0.25, -0.2) is 8.42 Å². The molecule has 2 aromatic carbocycles. The van der Waals surface area contributed by atoms with Gasteiger partial charge in [-0.3, -0.25) is 9.52 Å². The molecule has 1 aliphatic heterocycles. The van der Waals surface area contributed by atoms with Crippen LogP contribution in [0, 0.1) is 27.7 Å². The standard InChI is InChI=1S/C25H30N2O5S/c1-15-9-10-21(31-5)20(13-15)26-33(29,30)24-17(3)16(2)14-19-18(4)22(32-23(19)24)25(28)27-11-7-6-8-12-27/h9-10,13-14,26H,6-8,11-12H2,1-5H3. The fourth-order valence-electron chi connectivity index (χ4n) is 4.41. The number of fused-ring (bicyclic) bond motifs is 1. The van der Waals surface area contributed by atoms with Gasteiger partial charge in [0.05, 0.1) is 12.8 Å². The van der Waals surface area contributed by atoms with Gasteiger partial charge in [0.1, 0.15) is 10.6 Å². The molecule has 1 amide bonds. The van der Waals surface area contributed by atoms with Gasteiger partial charge < -0.3 is 14.1 Å². The highest BCUT2D eigenvalue weighted by molar-refractivity contribution is 7.93. The number of likely N-dealkylation sites (tertiary alicyclic amines) is 1. The molecule has 1 N–H and O–H groups in total. The first kappa shape index (κ1) is 23.2. The van der Waals surface area contributed by atoms with Crippen molar-refractivity contribution in [1.82, 2.24) is 4.90 Å². The highest BCUT2D eigenvalue weighted by Gasteiger charge is 2.30. The Morgan fingerprint density at radius 3 is 2.39 bits per heavy atom. The molecule has 0 saturated carbocycles. The first-order chi connectivity index (χ1) is 15.6. The van der Waals surface area contributed by atoms with Gasteiger partial charge in [0, 0.05) is 24.0 Å². The number of carbonyl (C=O) groups is 1. The maximum Gasteiger partial charge on any atom is 0.289 e. The lowest BCUT2D eigenvalue weighted by molar-refractivity contribution is 0.0693. The van der Waals surface area contributed by atoms with Crippen LogP contribution in [0.4, 0.5) is 5.69 Å². The Bertz CT molecular complexity index is 1330. The summed E-state index contributed by atoms with van der Waals surface area (Å²) in [5, 5.41) is 0.634. The predicted octanol–water partition coefficient (Wildman–Crippen LogP) is 5.10. The summed E-state index contributed by atoms with van der Waals surface area (Å²) in [5.41, 5.74) is 3.48. The van der Waals surface area contributed by atoms with E-state index in [1.54, 1.807) is 24.0 Å². The van der Waals surface area contributed by atoms with Crippen molar-refractivity contribution >= 4 is 32.6 Å². The summed E-state index contributed by atoms with van der Waals surface area (Å²) >= 11 is 0. The number of methoxy groups -OCH3 is 1. The summed E-state index contributed by atoms with van der Waals surface area (Å²) in [4.78, 5) is 15.0. The van der Waals surface area contributed by atoms with Crippen molar-refractivity contribution in [3.8, 4) is 5.75 Å². The number of amides is 1. The molecule has 0 unspecified atom stereocenters. The molecule has 176 valence electrons. The van der Waals surface area contributed by atoms with Crippen LogP contribution in [0.5, 0.6) is 5.75 Å². The normalized spacial score (nSPS) is 14.5. The first-order valence-corrected chi connectivity index (χ1v) is 12.6. The Morgan fingerprint density at radius 1 is 1.03 bits per heavy atom. The molecule has 2 heterocycles. The van der Waals surface area contributed by atoms with E-state index in [9.17, 15) is 13.2 Å². The average Bonchev–Trinajstić information content (AvgIpc) is 3.09. The molecule has 0 bridgehead atoms. The molecule has 0 aliphatic carbocycles. The third-order valence-corrected chi connectivity index (χ3v) is 7.92. The molecule has 7 nitrogen and oxygen atoms in total. The summed E-state index contributed by atoms with van der Waals surface area (Å²) in [5.74, 6) is 0.444. The molecule has 33 heavy (non-hydrogen) atoms. The van der Waals surface area contributed by atoms with Crippen molar-refractivity contribution in [2.75, 3.05) is 24.9 Å². The first-order valence-electron chi connectivity index (χ1n) is 11.1. The largest absolute Gasteiger partial charge is 0.495 e. The number of nitrogens with one attached hydrogen (secondary N) is 1. The van der Waals surface area contributed by atoms with Gasteiger partial charge in [0.2, 0.25) is 0 Å². The minimum atomic E-state index is -4.05. The summed E-state index contributed by atoms with van der Waals surface area (Å²) in [6.07, 6.45) is 3.04. The third-order valence-electron chi connectivity index (χ3n) is 6.40. The van der Waals surface area contributed by atoms with Crippen molar-refractivity contribution in [2.24, 2.45) is 0 Å². The smallest absolute Gasteiger partial charge is 0.289 e. The Labute approximate surface area is 194 Å². The summed E-state index contributed by atoms with van der Waals surface area (Å²) in [6, 6.07) is 7.18. The van der Waals surface area contributed by atoms with Crippen LogP contribution in [0.1, 0.15) is 52.1 Å². The Hall–Kier alpha value is -3.00. The van der Waals surface area contributed by atoms with Gasteiger partial charge in [-0.2, -0.15) is 0 Å². The van der Waals surface area contributed by atoms with Gasteiger partial charge in [-0.05, 0) is 81.8 Å². The minimum absolute atomic E-state index is 0.0434. The molecule has 0 spiro atoms. The van der Waals surface area contributed by atoms with E-state index in [0.717, 1.165) is 30.4 Å². The van der Waals surface area contributed by atoms with Crippen molar-refractivity contribution < 1.29 is 22.4 Å². The maximum absolute atomic E-state index is 13.6. The molecular weight excluding hydrogens is 440 g/mol. The zero-order chi connectivity index (χ0) is 23.9. The summed E-state index contributed by atoms with van der Waals surface area (Å²) < 4.78 is 41.3. The van der Waals surface area contributed by atoms with Crippen molar-refractivity contribution in [3.05, 3.63) is 52.3 Å². The van der Waals surface area contributed by atoms with Gasteiger partial charge in [0.15, 0.2) is 11.3 Å². The molecule has 3 aromatic rings. The minimum Gasteiger partial charge on any atom is -0.495 e. The second kappa shape index (κ2) is 8.74. The number of piperidine rings is 1. The topological polar surface area (TPSA) is 88.8 Å². The SMILES string of the molecule is COc1ccc(C)cc1NS(=O)(=O)c1c(C)c(C)cc2c(C)c(C(=O)N3CCCCC3)oc12. The Balaban J connectivity index is 1.86. The average molecular weight is 471 g/mol. The molecule has 4 rings (SSSR count). The number of furan rings is 1. The number of anilines is 1. The Kier molecular flexibility index (Phi) is 6.14. The van der Waals surface area contributed by atoms with Crippen molar-refractivity contribution in [2.45, 2.75) is 51.9 Å². The number of nitrogens with zero attached hydrogens (tertiary/aromatic N) is 1. The van der Waals surface area contributed by atoms with E-state index >= 15 is 0 Å². The molecule has 1 aliphatic rings. The number of carbonyl (C=O) groups excluding carboxylic acids is 1. The number of aryl methyl sites for hydroxylation is 3. The molecule has 0 atom stereocenters. The van der Waals surface area contributed by atoms with Crippen LogP contribution >= 0.6 is 0 Å². The lowest BCUT2D eigenvalue weighted by Crippen LogP contribution is -2.35. The second-order valence-electron chi connectivity index (χ2n) is 8.74. The number of benzene rings is 2. The summed E-state index contributed by atoms with van der Waals surface area (Å²) in [6.45, 7) is 8.67. The third kappa shape index (κ3) is 4.19. The van der Waals surface area contributed by atoms with E-state index in [-0.39, 0.29) is 22.1 Å². The number of rotatable bonds is 5. The molecule has 0 radical (unpaired) electrons. The van der Waals surface area contributed by atoms with Crippen LogP contribution in [0.3, 0.4) is 0 Å². The van der Waals surface area contributed by atoms with Crippen molar-refractivity contribution in [3.63, 3.8) is 0 Å². The number of sulfonamides is 1. The van der Waals surface area contributed by atoms with Gasteiger partial charge >= 0.3 is 0 Å². The highest BCUT2D eigenvalue weighted by Crippen LogP contribution is 2.37. The van der Waals surface area contributed by atoms with E-state index in [1.165, 1.54) is 7.11 Å². The highest BCUT2D eigenvalue weighted by atomic mass is 32.2. The van der Waals surface area contributed by atoms with Crippen LogP contribution in [0.15, 0.2) is 33.6 Å². The van der Waals surface area contributed by atoms with Crippen molar-refractivity contribution in [1.29, 1.82) is 0 Å².